The molecule has 1 saturated carbocycles. The van der Waals surface area contributed by atoms with E-state index in [0.29, 0.717) is 5.02 Å². The second-order valence-electron chi connectivity index (χ2n) is 4.90. The second kappa shape index (κ2) is 4.69. The van der Waals surface area contributed by atoms with E-state index < -0.39 is 5.41 Å². The van der Waals surface area contributed by atoms with E-state index in [2.05, 4.69) is 0 Å². The van der Waals surface area contributed by atoms with Crippen LogP contribution in [0.5, 0.6) is 0 Å². The summed E-state index contributed by atoms with van der Waals surface area (Å²) >= 11 is 5.87. The fraction of sp³-hybridized carbons (Fsp3) is 0.500. The highest BCUT2D eigenvalue weighted by Crippen LogP contribution is 2.45. The average molecular weight is 253 g/mol. The normalized spacial score (nSPS) is 17.6. The lowest BCUT2D eigenvalue weighted by Gasteiger charge is -2.40. The summed E-state index contributed by atoms with van der Waals surface area (Å²) in [5.41, 5.74) is 0.605. The molecule has 2 nitrogen and oxygen atoms in total. The number of carbonyl (C=O) groups excluding carboxylic acids is 1. The molecule has 0 N–H and O–H groups in total. The smallest absolute Gasteiger partial charge is 0.316 e. The third kappa shape index (κ3) is 2.32. The molecule has 3 heteroatoms. The number of carbonyl (C=O) groups is 1. The molecule has 0 aromatic heterocycles. The van der Waals surface area contributed by atoms with Gasteiger partial charge in [0.25, 0.3) is 0 Å². The molecule has 0 heterocycles. The molecule has 1 aromatic rings. The highest BCUT2D eigenvalue weighted by atomic mass is 35.5. The van der Waals surface area contributed by atoms with E-state index in [1.54, 1.807) is 0 Å². The van der Waals surface area contributed by atoms with Crippen LogP contribution in [0.15, 0.2) is 24.3 Å². The highest BCUT2D eigenvalue weighted by molar-refractivity contribution is 6.30. The van der Waals surface area contributed by atoms with Crippen LogP contribution in [0.4, 0.5) is 0 Å². The summed E-state index contributed by atoms with van der Waals surface area (Å²) in [4.78, 5) is 12.2. The Morgan fingerprint density at radius 1 is 1.29 bits per heavy atom. The third-order valence-corrected chi connectivity index (χ3v) is 3.59. The molecule has 0 amide bonds. The van der Waals surface area contributed by atoms with Gasteiger partial charge in [0, 0.05) is 5.02 Å². The van der Waals surface area contributed by atoms with Crippen LogP contribution in [0.25, 0.3) is 0 Å². The molecule has 1 aromatic carbocycles. The van der Waals surface area contributed by atoms with Crippen LogP contribution in [-0.2, 0) is 14.9 Å². The molecule has 0 bridgehead atoms. The SMILES string of the molecule is CC(C)OC(=O)C1(c2ccc(Cl)cc2)CCC1. The Kier molecular flexibility index (Phi) is 3.43. The number of esters is 1. The Bertz CT molecular complexity index is 405. The van der Waals surface area contributed by atoms with Crippen LogP contribution in [0, 0.1) is 0 Å². The van der Waals surface area contributed by atoms with Crippen molar-refractivity contribution in [2.24, 2.45) is 0 Å². The third-order valence-electron chi connectivity index (χ3n) is 3.34. The lowest BCUT2D eigenvalue weighted by Crippen LogP contribution is -2.44. The van der Waals surface area contributed by atoms with Crippen LogP contribution < -0.4 is 0 Å². The zero-order valence-corrected chi connectivity index (χ0v) is 11.0. The molecule has 0 spiro atoms. The van der Waals surface area contributed by atoms with Gasteiger partial charge < -0.3 is 4.74 Å². The number of rotatable bonds is 3. The van der Waals surface area contributed by atoms with Crippen LogP contribution in [0.3, 0.4) is 0 Å². The van der Waals surface area contributed by atoms with Crippen LogP contribution in [-0.4, -0.2) is 12.1 Å². The van der Waals surface area contributed by atoms with E-state index in [1.165, 1.54) is 0 Å². The van der Waals surface area contributed by atoms with Crippen molar-refractivity contribution in [3.05, 3.63) is 34.9 Å². The number of ether oxygens (including phenoxy) is 1. The molecule has 0 radical (unpaired) electrons. The largest absolute Gasteiger partial charge is 0.462 e. The molecule has 17 heavy (non-hydrogen) atoms. The Balaban J connectivity index is 2.25. The molecule has 0 aliphatic heterocycles. The van der Waals surface area contributed by atoms with Crippen molar-refractivity contribution < 1.29 is 9.53 Å². The van der Waals surface area contributed by atoms with Crippen molar-refractivity contribution in [1.82, 2.24) is 0 Å². The Morgan fingerprint density at radius 2 is 1.88 bits per heavy atom. The molecule has 0 saturated heterocycles. The standard InChI is InChI=1S/C14H17ClO2/c1-10(2)17-13(16)14(8-3-9-14)11-4-6-12(15)7-5-11/h4-7,10H,3,8-9H2,1-2H3. The maximum Gasteiger partial charge on any atom is 0.316 e. The first-order valence-electron chi connectivity index (χ1n) is 6.02. The molecule has 92 valence electrons. The quantitative estimate of drug-likeness (QED) is 0.767. The van der Waals surface area contributed by atoms with Crippen molar-refractivity contribution >= 4 is 17.6 Å². The van der Waals surface area contributed by atoms with Gasteiger partial charge in [-0.15, -0.1) is 0 Å². The first-order chi connectivity index (χ1) is 8.04. The van der Waals surface area contributed by atoms with Gasteiger partial charge in [0.1, 0.15) is 0 Å². The predicted molar refractivity (Wildman–Crippen MR) is 68.2 cm³/mol. The minimum Gasteiger partial charge on any atom is -0.462 e. The topological polar surface area (TPSA) is 26.3 Å². The van der Waals surface area contributed by atoms with E-state index in [9.17, 15) is 4.79 Å². The molecule has 1 aliphatic rings. The summed E-state index contributed by atoms with van der Waals surface area (Å²) in [6.07, 6.45) is 2.77. The molecular formula is C14H17ClO2. The average Bonchev–Trinajstić information content (AvgIpc) is 2.18. The fourth-order valence-electron chi connectivity index (χ4n) is 2.24. The number of hydrogen-bond donors (Lipinski definition) is 0. The molecular weight excluding hydrogens is 236 g/mol. The first kappa shape index (κ1) is 12.4. The van der Waals surface area contributed by atoms with Crippen molar-refractivity contribution in [1.29, 1.82) is 0 Å². The lowest BCUT2D eigenvalue weighted by atomic mass is 9.64. The molecule has 1 aliphatic carbocycles. The van der Waals surface area contributed by atoms with Crippen molar-refractivity contribution in [3.8, 4) is 0 Å². The molecule has 2 rings (SSSR count). The highest BCUT2D eigenvalue weighted by Gasteiger charge is 2.47. The van der Waals surface area contributed by atoms with Gasteiger partial charge in [-0.1, -0.05) is 30.2 Å². The summed E-state index contributed by atoms with van der Waals surface area (Å²) < 4.78 is 5.37. The van der Waals surface area contributed by atoms with Crippen LogP contribution in [0.2, 0.25) is 5.02 Å². The fourth-order valence-corrected chi connectivity index (χ4v) is 2.36. The van der Waals surface area contributed by atoms with Gasteiger partial charge in [0.05, 0.1) is 11.5 Å². The zero-order valence-electron chi connectivity index (χ0n) is 10.2. The van der Waals surface area contributed by atoms with Gasteiger partial charge in [-0.2, -0.15) is 0 Å². The lowest BCUT2D eigenvalue weighted by molar-refractivity contribution is -0.158. The maximum atomic E-state index is 12.2. The molecule has 1 fully saturated rings. The predicted octanol–water partition coefficient (Wildman–Crippen LogP) is 3.71. The Hall–Kier alpha value is -1.02. The number of halogens is 1. The molecule has 0 unspecified atom stereocenters. The number of hydrogen-bond acceptors (Lipinski definition) is 2. The van der Waals surface area contributed by atoms with Gasteiger partial charge in [0.2, 0.25) is 0 Å². The van der Waals surface area contributed by atoms with Gasteiger partial charge in [-0.25, -0.2) is 0 Å². The molecule has 0 atom stereocenters. The minimum atomic E-state index is -0.422. The summed E-state index contributed by atoms with van der Waals surface area (Å²) in [6, 6.07) is 7.53. The van der Waals surface area contributed by atoms with E-state index >= 15 is 0 Å². The Labute approximate surface area is 107 Å². The van der Waals surface area contributed by atoms with E-state index in [0.717, 1.165) is 24.8 Å². The monoisotopic (exact) mass is 252 g/mol. The summed E-state index contributed by atoms with van der Waals surface area (Å²) in [6.45, 7) is 3.76. The van der Waals surface area contributed by atoms with Crippen molar-refractivity contribution in [2.45, 2.75) is 44.6 Å². The van der Waals surface area contributed by atoms with Crippen LogP contribution in [0.1, 0.15) is 38.7 Å². The van der Waals surface area contributed by atoms with Crippen molar-refractivity contribution in [2.75, 3.05) is 0 Å². The van der Waals surface area contributed by atoms with Gasteiger partial charge >= 0.3 is 5.97 Å². The van der Waals surface area contributed by atoms with Gasteiger partial charge in [0.15, 0.2) is 0 Å². The second-order valence-corrected chi connectivity index (χ2v) is 5.33. The maximum absolute atomic E-state index is 12.2. The van der Waals surface area contributed by atoms with E-state index in [4.69, 9.17) is 16.3 Å². The zero-order chi connectivity index (χ0) is 12.5. The summed E-state index contributed by atoms with van der Waals surface area (Å²) in [7, 11) is 0. The number of benzene rings is 1. The van der Waals surface area contributed by atoms with Crippen molar-refractivity contribution in [3.63, 3.8) is 0 Å². The van der Waals surface area contributed by atoms with E-state index in [-0.39, 0.29) is 12.1 Å². The van der Waals surface area contributed by atoms with Gasteiger partial charge in [-0.3, -0.25) is 4.79 Å². The van der Waals surface area contributed by atoms with E-state index in [1.807, 2.05) is 38.1 Å². The Morgan fingerprint density at radius 3 is 2.29 bits per heavy atom. The first-order valence-corrected chi connectivity index (χ1v) is 6.39. The van der Waals surface area contributed by atoms with Crippen LogP contribution >= 0.6 is 11.6 Å². The summed E-state index contributed by atoms with van der Waals surface area (Å²) in [5, 5.41) is 0.695. The summed E-state index contributed by atoms with van der Waals surface area (Å²) in [5.74, 6) is -0.0962. The minimum absolute atomic E-state index is 0.0627. The van der Waals surface area contributed by atoms with Gasteiger partial charge in [-0.05, 0) is 44.4 Å².